The fraction of sp³-hybridized carbons (Fsp3) is 0.211. The van der Waals surface area contributed by atoms with E-state index in [9.17, 15) is 14.3 Å². The van der Waals surface area contributed by atoms with E-state index in [0.717, 1.165) is 22.0 Å². The highest BCUT2D eigenvalue weighted by atomic mass is 19.1. The van der Waals surface area contributed by atoms with Crippen molar-refractivity contribution in [2.75, 3.05) is 6.54 Å². The van der Waals surface area contributed by atoms with Gasteiger partial charge in [-0.2, -0.15) is 0 Å². The number of amides is 1. The van der Waals surface area contributed by atoms with E-state index in [4.69, 9.17) is 0 Å². The first kappa shape index (κ1) is 16.2. The zero-order valence-electron chi connectivity index (χ0n) is 13.3. The Morgan fingerprint density at radius 2 is 2.00 bits per heavy atom. The summed E-state index contributed by atoms with van der Waals surface area (Å²) in [6.07, 6.45) is 1.22. The second-order valence-corrected chi connectivity index (χ2v) is 5.86. The third-order valence-electron chi connectivity index (χ3n) is 4.11. The number of aliphatic hydroxyl groups excluding tert-OH is 1. The summed E-state index contributed by atoms with van der Waals surface area (Å²) in [7, 11) is 0. The van der Waals surface area contributed by atoms with Crippen LogP contribution >= 0.6 is 0 Å². The lowest BCUT2D eigenvalue weighted by atomic mass is 10.1. The summed E-state index contributed by atoms with van der Waals surface area (Å²) < 4.78 is 12.9. The van der Waals surface area contributed by atoms with Crippen LogP contribution in [-0.4, -0.2) is 22.5 Å². The average Bonchev–Trinajstić information content (AvgIpc) is 2.98. The average molecular weight is 326 g/mol. The van der Waals surface area contributed by atoms with Crippen LogP contribution in [0.4, 0.5) is 4.39 Å². The molecule has 0 aliphatic rings. The van der Waals surface area contributed by atoms with Gasteiger partial charge in [-0.05, 0) is 35.7 Å². The lowest BCUT2D eigenvalue weighted by molar-refractivity contribution is -0.120. The van der Waals surface area contributed by atoms with Gasteiger partial charge >= 0.3 is 0 Å². The number of carbonyl (C=O) groups is 1. The first-order valence-electron chi connectivity index (χ1n) is 7.80. The summed E-state index contributed by atoms with van der Waals surface area (Å²) in [4.78, 5) is 15.3. The number of benzene rings is 2. The number of H-pyrrole nitrogens is 1. The molecule has 1 atom stereocenters. The van der Waals surface area contributed by atoms with Gasteiger partial charge in [0.05, 0.1) is 12.5 Å². The van der Waals surface area contributed by atoms with E-state index < -0.39 is 6.10 Å². The molecule has 124 valence electrons. The molecule has 3 rings (SSSR count). The lowest BCUT2D eigenvalue weighted by Crippen LogP contribution is -2.29. The summed E-state index contributed by atoms with van der Waals surface area (Å²) in [6, 6.07) is 11.5. The Kier molecular flexibility index (Phi) is 4.62. The summed E-state index contributed by atoms with van der Waals surface area (Å²) >= 11 is 0. The molecule has 0 fully saturated rings. The van der Waals surface area contributed by atoms with Crippen molar-refractivity contribution in [3.63, 3.8) is 0 Å². The van der Waals surface area contributed by atoms with Crippen molar-refractivity contribution in [1.82, 2.24) is 10.3 Å². The van der Waals surface area contributed by atoms with Gasteiger partial charge < -0.3 is 15.4 Å². The highest BCUT2D eigenvalue weighted by molar-refractivity contribution is 5.90. The van der Waals surface area contributed by atoms with Crippen molar-refractivity contribution >= 4 is 16.8 Å². The van der Waals surface area contributed by atoms with E-state index in [-0.39, 0.29) is 24.7 Å². The molecule has 0 saturated carbocycles. The number of carbonyl (C=O) groups excluding carboxylic acids is 1. The van der Waals surface area contributed by atoms with Crippen LogP contribution in [0.3, 0.4) is 0 Å². The van der Waals surface area contributed by atoms with Crippen LogP contribution in [0.15, 0.2) is 48.7 Å². The molecule has 1 amide bonds. The topological polar surface area (TPSA) is 65.1 Å². The normalized spacial score (nSPS) is 12.3. The van der Waals surface area contributed by atoms with Gasteiger partial charge in [-0.3, -0.25) is 4.79 Å². The van der Waals surface area contributed by atoms with Crippen LogP contribution in [0, 0.1) is 12.7 Å². The number of hydrogen-bond donors (Lipinski definition) is 3. The summed E-state index contributed by atoms with van der Waals surface area (Å²) in [6.45, 7) is 2.10. The highest BCUT2D eigenvalue weighted by Crippen LogP contribution is 2.21. The van der Waals surface area contributed by atoms with Gasteiger partial charge in [-0.15, -0.1) is 0 Å². The highest BCUT2D eigenvalue weighted by Gasteiger charge is 2.12. The molecule has 0 spiro atoms. The number of nitrogens with one attached hydrogen (secondary N) is 2. The monoisotopic (exact) mass is 326 g/mol. The first-order valence-corrected chi connectivity index (χ1v) is 7.80. The third-order valence-corrected chi connectivity index (χ3v) is 4.11. The number of aromatic amines is 1. The molecule has 2 aromatic carbocycles. The Bertz CT molecular complexity index is 855. The number of aromatic nitrogens is 1. The van der Waals surface area contributed by atoms with E-state index in [1.54, 1.807) is 0 Å². The van der Waals surface area contributed by atoms with E-state index in [1.807, 2.05) is 31.3 Å². The van der Waals surface area contributed by atoms with E-state index in [2.05, 4.69) is 10.3 Å². The molecular formula is C19H19FN2O2. The summed E-state index contributed by atoms with van der Waals surface area (Å²) in [5.74, 6) is -0.525. The quantitative estimate of drug-likeness (QED) is 0.675. The van der Waals surface area contributed by atoms with Gasteiger partial charge in [-0.25, -0.2) is 4.39 Å². The first-order chi connectivity index (χ1) is 11.5. The van der Waals surface area contributed by atoms with E-state index in [1.165, 1.54) is 24.3 Å². The van der Waals surface area contributed by atoms with Gasteiger partial charge in [0, 0.05) is 23.6 Å². The molecular weight excluding hydrogens is 307 g/mol. The van der Waals surface area contributed by atoms with E-state index in [0.29, 0.717) is 5.56 Å². The molecule has 1 unspecified atom stereocenters. The summed E-state index contributed by atoms with van der Waals surface area (Å²) in [5, 5.41) is 13.8. The second-order valence-electron chi connectivity index (χ2n) is 5.86. The van der Waals surface area contributed by atoms with Crippen LogP contribution in [0.1, 0.15) is 22.8 Å². The minimum absolute atomic E-state index is 0.0891. The Labute approximate surface area is 139 Å². The number of aryl methyl sites for hydroxylation is 1. The maximum absolute atomic E-state index is 12.9. The number of rotatable bonds is 5. The molecule has 1 heterocycles. The Balaban J connectivity index is 1.61. The molecule has 3 N–H and O–H groups in total. The molecule has 0 saturated heterocycles. The predicted molar refractivity (Wildman–Crippen MR) is 91.1 cm³/mol. The van der Waals surface area contributed by atoms with Gasteiger partial charge in [0.15, 0.2) is 0 Å². The zero-order chi connectivity index (χ0) is 17.1. The smallest absolute Gasteiger partial charge is 0.224 e. The van der Waals surface area contributed by atoms with Gasteiger partial charge in [-0.1, -0.05) is 30.3 Å². The maximum atomic E-state index is 12.9. The van der Waals surface area contributed by atoms with Gasteiger partial charge in [0.2, 0.25) is 5.91 Å². The molecule has 0 aliphatic carbocycles. The van der Waals surface area contributed by atoms with Crippen LogP contribution in [0.25, 0.3) is 10.9 Å². The molecule has 3 aromatic rings. The Morgan fingerprint density at radius 1 is 1.25 bits per heavy atom. The fourth-order valence-corrected chi connectivity index (χ4v) is 2.76. The Hall–Kier alpha value is -2.66. The van der Waals surface area contributed by atoms with Gasteiger partial charge in [0.25, 0.3) is 0 Å². The molecule has 1 aromatic heterocycles. The number of halogens is 1. The number of hydrogen-bond acceptors (Lipinski definition) is 2. The zero-order valence-corrected chi connectivity index (χ0v) is 13.3. The Morgan fingerprint density at radius 3 is 2.75 bits per heavy atom. The van der Waals surface area contributed by atoms with Crippen molar-refractivity contribution in [2.24, 2.45) is 0 Å². The van der Waals surface area contributed by atoms with Crippen LogP contribution in [0.5, 0.6) is 0 Å². The largest absolute Gasteiger partial charge is 0.387 e. The van der Waals surface area contributed by atoms with Crippen LogP contribution < -0.4 is 5.32 Å². The van der Waals surface area contributed by atoms with Gasteiger partial charge in [0.1, 0.15) is 5.82 Å². The third kappa shape index (κ3) is 3.46. The number of para-hydroxylation sites is 1. The number of aliphatic hydroxyl groups is 1. The van der Waals surface area contributed by atoms with Crippen LogP contribution in [0.2, 0.25) is 0 Å². The van der Waals surface area contributed by atoms with Crippen molar-refractivity contribution in [3.8, 4) is 0 Å². The summed E-state index contributed by atoms with van der Waals surface area (Å²) in [5.41, 5.74) is 3.65. The van der Waals surface area contributed by atoms with Crippen molar-refractivity contribution in [3.05, 3.63) is 71.2 Å². The minimum atomic E-state index is -0.861. The SMILES string of the molecule is Cc1cccc2c(CC(=O)NCC(O)c3ccc(F)cc3)c[nH]c12. The molecule has 0 bridgehead atoms. The minimum Gasteiger partial charge on any atom is -0.387 e. The standard InChI is InChI=1S/C19H19FN2O2/c1-12-3-2-4-16-14(10-22-19(12)16)9-18(24)21-11-17(23)13-5-7-15(20)8-6-13/h2-8,10,17,22-23H,9,11H2,1H3,(H,21,24). The van der Waals surface area contributed by atoms with Crippen molar-refractivity contribution in [2.45, 2.75) is 19.4 Å². The van der Waals surface area contributed by atoms with Crippen molar-refractivity contribution in [1.29, 1.82) is 0 Å². The van der Waals surface area contributed by atoms with E-state index >= 15 is 0 Å². The molecule has 4 nitrogen and oxygen atoms in total. The molecule has 0 radical (unpaired) electrons. The predicted octanol–water partition coefficient (Wildman–Crippen LogP) is 3.01. The lowest BCUT2D eigenvalue weighted by Gasteiger charge is -2.12. The molecule has 24 heavy (non-hydrogen) atoms. The fourth-order valence-electron chi connectivity index (χ4n) is 2.76. The maximum Gasteiger partial charge on any atom is 0.224 e. The second kappa shape index (κ2) is 6.84. The van der Waals surface area contributed by atoms with Crippen molar-refractivity contribution < 1.29 is 14.3 Å². The molecule has 5 heteroatoms. The number of fused-ring (bicyclic) bond motifs is 1. The molecule has 0 aliphatic heterocycles. The van der Waals surface area contributed by atoms with Crippen LogP contribution in [-0.2, 0) is 11.2 Å².